The molecule has 0 fully saturated rings. The number of benzene rings is 3. The van der Waals surface area contributed by atoms with Crippen molar-refractivity contribution in [1.82, 2.24) is 4.98 Å². The van der Waals surface area contributed by atoms with Crippen molar-refractivity contribution < 1.29 is 14.4 Å². The van der Waals surface area contributed by atoms with Gasteiger partial charge in [0, 0.05) is 17.0 Å². The Labute approximate surface area is 184 Å². The van der Waals surface area contributed by atoms with Crippen LogP contribution >= 0.6 is 0 Å². The molecule has 0 aliphatic carbocycles. The summed E-state index contributed by atoms with van der Waals surface area (Å²) in [6, 6.07) is 23.2. The first kappa shape index (κ1) is 19.4. The van der Waals surface area contributed by atoms with Gasteiger partial charge in [0.1, 0.15) is 22.4 Å². The van der Waals surface area contributed by atoms with E-state index < -0.39 is 0 Å². The van der Waals surface area contributed by atoms with Crippen molar-refractivity contribution in [1.29, 1.82) is 0 Å². The van der Waals surface area contributed by atoms with E-state index in [4.69, 9.17) is 15.6 Å². The summed E-state index contributed by atoms with van der Waals surface area (Å²) in [5, 5.41) is 16.2. The van der Waals surface area contributed by atoms with Gasteiger partial charge in [-0.3, -0.25) is 4.98 Å². The molecule has 0 radical (unpaired) electrons. The molecule has 0 aliphatic heterocycles. The molecule has 0 aliphatic rings. The molecule has 32 heavy (non-hydrogen) atoms. The summed E-state index contributed by atoms with van der Waals surface area (Å²) in [6.07, 6.45) is 7.57. The number of methoxy groups -OCH3 is 1. The number of pyridine rings is 1. The summed E-state index contributed by atoms with van der Waals surface area (Å²) in [7, 11) is 1.63. The van der Waals surface area contributed by atoms with E-state index in [-0.39, 0.29) is 5.36 Å². The first-order valence-corrected chi connectivity index (χ1v) is 9.97. The highest BCUT2D eigenvalue weighted by molar-refractivity contribution is 5.88. The fraction of sp³-hybridized carbons (Fsp3) is 0.0370. The molecular formula is C27H18N2O3. The maximum absolute atomic E-state index is 9.79. The van der Waals surface area contributed by atoms with E-state index in [2.05, 4.69) is 16.1 Å². The summed E-state index contributed by atoms with van der Waals surface area (Å²) in [5.41, 5.74) is 3.39. The average Bonchev–Trinajstić information content (AvgIpc) is 2.86. The molecule has 3 aromatic carbocycles. The largest absolute Gasteiger partial charge is 0.497 e. The van der Waals surface area contributed by atoms with E-state index in [1.807, 2.05) is 72.8 Å². The van der Waals surface area contributed by atoms with Crippen molar-refractivity contribution in [3.8, 4) is 40.7 Å². The third-order valence-electron chi connectivity index (χ3n) is 5.44. The van der Waals surface area contributed by atoms with Crippen molar-refractivity contribution in [2.75, 3.05) is 7.11 Å². The van der Waals surface area contributed by atoms with Crippen molar-refractivity contribution in [2.24, 2.45) is 5.16 Å². The predicted octanol–water partition coefficient (Wildman–Crippen LogP) is 5.59. The quantitative estimate of drug-likeness (QED) is 0.235. The Balaban J connectivity index is 1.75. The second kappa shape index (κ2) is 7.93. The summed E-state index contributed by atoms with van der Waals surface area (Å²) >= 11 is 0. The molecule has 0 saturated heterocycles. The number of hydrogen-bond acceptors (Lipinski definition) is 5. The van der Waals surface area contributed by atoms with Crippen molar-refractivity contribution in [2.45, 2.75) is 0 Å². The second-order valence-corrected chi connectivity index (χ2v) is 7.26. The number of terminal acetylenes is 1. The lowest BCUT2D eigenvalue weighted by Crippen LogP contribution is -2.11. The highest BCUT2D eigenvalue weighted by atomic mass is 16.5. The molecule has 154 valence electrons. The fourth-order valence-corrected chi connectivity index (χ4v) is 3.79. The van der Waals surface area contributed by atoms with Crippen LogP contribution in [0.15, 0.2) is 88.6 Å². The van der Waals surface area contributed by atoms with E-state index >= 15 is 0 Å². The Hall–Kier alpha value is -4.56. The van der Waals surface area contributed by atoms with Crippen molar-refractivity contribution >= 4 is 21.7 Å². The minimum absolute atomic E-state index is 0.278. The SMILES string of the molecule is C#Cc1c(-c2cc3ccccc3cn2)oc2cc(-c3ccc(OC)cc3)ccc2/c1=N\O. The van der Waals surface area contributed by atoms with Crippen molar-refractivity contribution in [3.63, 3.8) is 0 Å². The number of fused-ring (bicyclic) bond motifs is 2. The maximum Gasteiger partial charge on any atom is 0.171 e. The van der Waals surface area contributed by atoms with E-state index in [1.165, 1.54) is 0 Å². The monoisotopic (exact) mass is 418 g/mol. The van der Waals surface area contributed by atoms with Crippen LogP contribution in [0.2, 0.25) is 0 Å². The lowest BCUT2D eigenvalue weighted by atomic mass is 10.0. The highest BCUT2D eigenvalue weighted by Gasteiger charge is 2.16. The number of ether oxygens (including phenoxy) is 1. The zero-order valence-corrected chi connectivity index (χ0v) is 17.2. The Morgan fingerprint density at radius 1 is 0.969 bits per heavy atom. The average molecular weight is 418 g/mol. The van der Waals surface area contributed by atoms with E-state index in [9.17, 15) is 5.21 Å². The van der Waals surface area contributed by atoms with E-state index in [0.29, 0.717) is 28.0 Å². The molecule has 2 heterocycles. The lowest BCUT2D eigenvalue weighted by Gasteiger charge is -2.10. The fourth-order valence-electron chi connectivity index (χ4n) is 3.79. The Bertz CT molecular complexity index is 1580. The zero-order chi connectivity index (χ0) is 22.1. The van der Waals surface area contributed by atoms with Crippen LogP contribution in [0.25, 0.3) is 44.3 Å². The molecule has 0 saturated carbocycles. The zero-order valence-electron chi connectivity index (χ0n) is 17.2. The second-order valence-electron chi connectivity index (χ2n) is 7.26. The molecular weight excluding hydrogens is 400 g/mol. The first-order valence-electron chi connectivity index (χ1n) is 9.97. The van der Waals surface area contributed by atoms with Gasteiger partial charge >= 0.3 is 0 Å². The van der Waals surface area contributed by atoms with Crippen LogP contribution in [0.5, 0.6) is 5.75 Å². The van der Waals surface area contributed by atoms with Gasteiger partial charge in [-0.1, -0.05) is 53.5 Å². The van der Waals surface area contributed by atoms with Gasteiger partial charge in [0.2, 0.25) is 0 Å². The molecule has 5 nitrogen and oxygen atoms in total. The molecule has 5 aromatic rings. The summed E-state index contributed by atoms with van der Waals surface area (Å²) in [6.45, 7) is 0. The molecule has 1 N–H and O–H groups in total. The normalized spacial score (nSPS) is 11.6. The highest BCUT2D eigenvalue weighted by Crippen LogP contribution is 2.30. The van der Waals surface area contributed by atoms with E-state index in [1.54, 1.807) is 13.3 Å². The van der Waals surface area contributed by atoms with Gasteiger partial charge in [-0.05, 0) is 46.8 Å². The van der Waals surface area contributed by atoms with Crippen LogP contribution in [0.4, 0.5) is 0 Å². The van der Waals surface area contributed by atoms with Gasteiger partial charge in [-0.2, -0.15) is 0 Å². The number of rotatable bonds is 3. The molecule has 0 unspecified atom stereocenters. The van der Waals surface area contributed by atoms with Gasteiger partial charge in [-0.25, -0.2) is 0 Å². The predicted molar refractivity (Wildman–Crippen MR) is 124 cm³/mol. The molecule has 0 atom stereocenters. The van der Waals surface area contributed by atoms with Gasteiger partial charge in [0.15, 0.2) is 5.76 Å². The van der Waals surface area contributed by atoms with Gasteiger partial charge in [0.05, 0.1) is 12.7 Å². The minimum Gasteiger partial charge on any atom is -0.497 e. The molecule has 0 spiro atoms. The smallest absolute Gasteiger partial charge is 0.171 e. The number of aromatic nitrogens is 1. The van der Waals surface area contributed by atoms with Gasteiger partial charge < -0.3 is 14.4 Å². The molecule has 5 rings (SSSR count). The number of nitrogens with zero attached hydrogens (tertiary/aromatic N) is 2. The molecule has 5 heteroatoms. The van der Waals surface area contributed by atoms with Crippen LogP contribution in [0, 0.1) is 12.3 Å². The summed E-state index contributed by atoms with van der Waals surface area (Å²) in [4.78, 5) is 4.54. The molecule has 0 bridgehead atoms. The third-order valence-corrected chi connectivity index (χ3v) is 5.44. The van der Waals surface area contributed by atoms with Crippen LogP contribution in [-0.4, -0.2) is 17.3 Å². The standard InChI is InChI=1S/C27H18N2O3/c1-3-22-26(29-30)23-13-10-19(17-8-11-21(31-2)12-9-17)15-25(23)32-27(22)24-14-18-6-4-5-7-20(18)16-28-24/h1,4-16,30H,2H3/b29-26-. The van der Waals surface area contributed by atoms with Crippen LogP contribution in [0.3, 0.4) is 0 Å². The van der Waals surface area contributed by atoms with Crippen LogP contribution < -0.4 is 10.1 Å². The molecule has 2 aromatic heterocycles. The maximum atomic E-state index is 9.79. The molecule has 0 amide bonds. The Morgan fingerprint density at radius 3 is 2.44 bits per heavy atom. The van der Waals surface area contributed by atoms with E-state index in [0.717, 1.165) is 27.6 Å². The topological polar surface area (TPSA) is 67.9 Å². The van der Waals surface area contributed by atoms with Crippen LogP contribution in [-0.2, 0) is 0 Å². The summed E-state index contributed by atoms with van der Waals surface area (Å²) < 4.78 is 11.5. The summed E-state index contributed by atoms with van der Waals surface area (Å²) in [5.74, 6) is 3.77. The van der Waals surface area contributed by atoms with Crippen LogP contribution in [0.1, 0.15) is 5.56 Å². The van der Waals surface area contributed by atoms with Gasteiger partial charge in [-0.15, -0.1) is 6.42 Å². The minimum atomic E-state index is 0.278. The van der Waals surface area contributed by atoms with Gasteiger partial charge in [0.25, 0.3) is 0 Å². The first-order chi connectivity index (χ1) is 15.7. The number of hydrogen-bond donors (Lipinski definition) is 1. The Morgan fingerprint density at radius 2 is 1.72 bits per heavy atom. The Kier molecular flexibility index (Phi) is 4.81. The van der Waals surface area contributed by atoms with Crippen molar-refractivity contribution in [3.05, 3.63) is 89.9 Å². The lowest BCUT2D eigenvalue weighted by molar-refractivity contribution is 0.302. The third kappa shape index (κ3) is 3.24.